The summed E-state index contributed by atoms with van der Waals surface area (Å²) in [6.07, 6.45) is 3.25. The molecule has 0 aliphatic carbocycles. The lowest BCUT2D eigenvalue weighted by Gasteiger charge is -2.03. The van der Waals surface area contributed by atoms with Gasteiger partial charge in [0.05, 0.1) is 28.0 Å². The highest BCUT2D eigenvalue weighted by Crippen LogP contribution is 2.36. The van der Waals surface area contributed by atoms with Crippen molar-refractivity contribution in [2.45, 2.75) is 6.92 Å². The van der Waals surface area contributed by atoms with Gasteiger partial charge in [0.25, 0.3) is 0 Å². The molecule has 4 nitrogen and oxygen atoms in total. The lowest BCUT2D eigenvalue weighted by Crippen LogP contribution is -1.89. The van der Waals surface area contributed by atoms with E-state index in [1.165, 1.54) is 0 Å². The Labute approximate surface area is 149 Å². The van der Waals surface area contributed by atoms with Crippen LogP contribution in [0.15, 0.2) is 63.3 Å². The van der Waals surface area contributed by atoms with Crippen LogP contribution in [-0.2, 0) is 0 Å². The van der Waals surface area contributed by atoms with Crippen LogP contribution in [0, 0.1) is 6.92 Å². The van der Waals surface area contributed by atoms with Gasteiger partial charge in [-0.2, -0.15) is 10.2 Å². The standard InChI is InChI=1S/C18H13Cl2N3O/c1-12-14(11-22-21-10-13-6-3-2-4-7-13)18(23-24-12)17-15(19)8-5-9-16(17)20/h2-11H,1H3/b21-10-,22-11-. The molecule has 24 heavy (non-hydrogen) atoms. The van der Waals surface area contributed by atoms with Gasteiger partial charge in [0.2, 0.25) is 0 Å². The molecule has 0 N–H and O–H groups in total. The highest BCUT2D eigenvalue weighted by molar-refractivity contribution is 6.39. The molecular weight excluding hydrogens is 345 g/mol. The van der Waals surface area contributed by atoms with E-state index in [0.717, 1.165) is 5.56 Å². The van der Waals surface area contributed by atoms with Gasteiger partial charge in [-0.15, -0.1) is 0 Å². The molecule has 0 spiro atoms. The van der Waals surface area contributed by atoms with Gasteiger partial charge in [-0.25, -0.2) is 0 Å². The van der Waals surface area contributed by atoms with E-state index in [1.54, 1.807) is 37.6 Å². The summed E-state index contributed by atoms with van der Waals surface area (Å²) in [5.41, 5.74) is 2.81. The van der Waals surface area contributed by atoms with Crippen LogP contribution in [0.2, 0.25) is 10.0 Å². The average molecular weight is 358 g/mol. The molecule has 3 rings (SSSR count). The predicted molar refractivity (Wildman–Crippen MR) is 98.3 cm³/mol. The van der Waals surface area contributed by atoms with Gasteiger partial charge in [0.15, 0.2) is 0 Å². The van der Waals surface area contributed by atoms with E-state index >= 15 is 0 Å². The summed E-state index contributed by atoms with van der Waals surface area (Å²) in [5, 5.41) is 13.2. The van der Waals surface area contributed by atoms with Crippen LogP contribution < -0.4 is 0 Å². The Morgan fingerprint density at radius 1 is 0.917 bits per heavy atom. The smallest absolute Gasteiger partial charge is 0.143 e. The molecule has 0 fully saturated rings. The SMILES string of the molecule is Cc1onc(-c2c(Cl)cccc2Cl)c1/C=N\N=C/c1ccccc1. The van der Waals surface area contributed by atoms with E-state index in [9.17, 15) is 0 Å². The number of halogens is 2. The monoisotopic (exact) mass is 357 g/mol. The second-order valence-corrected chi connectivity index (χ2v) is 5.81. The van der Waals surface area contributed by atoms with E-state index in [4.69, 9.17) is 27.7 Å². The van der Waals surface area contributed by atoms with Crippen molar-refractivity contribution in [2.24, 2.45) is 10.2 Å². The minimum Gasteiger partial charge on any atom is -0.360 e. The minimum atomic E-state index is 0.498. The minimum absolute atomic E-state index is 0.498. The summed E-state index contributed by atoms with van der Waals surface area (Å²) in [6.45, 7) is 1.80. The van der Waals surface area contributed by atoms with Crippen molar-refractivity contribution in [3.8, 4) is 11.3 Å². The summed E-state index contributed by atoms with van der Waals surface area (Å²) in [7, 11) is 0. The van der Waals surface area contributed by atoms with E-state index in [2.05, 4.69) is 15.4 Å². The Hall–Kier alpha value is -2.43. The van der Waals surface area contributed by atoms with E-state index < -0.39 is 0 Å². The fourth-order valence-electron chi connectivity index (χ4n) is 2.17. The van der Waals surface area contributed by atoms with Crippen molar-refractivity contribution >= 4 is 35.6 Å². The molecule has 1 aromatic heterocycles. The Bertz CT molecular complexity index is 882. The molecule has 120 valence electrons. The Kier molecular flexibility index (Phi) is 5.08. The van der Waals surface area contributed by atoms with Crippen molar-refractivity contribution < 1.29 is 4.52 Å². The molecule has 0 radical (unpaired) electrons. The zero-order valence-corrected chi connectivity index (χ0v) is 14.3. The van der Waals surface area contributed by atoms with Gasteiger partial charge in [-0.3, -0.25) is 0 Å². The molecule has 0 bridgehead atoms. The highest BCUT2D eigenvalue weighted by atomic mass is 35.5. The number of hydrogen-bond acceptors (Lipinski definition) is 4. The second kappa shape index (κ2) is 7.43. The largest absolute Gasteiger partial charge is 0.360 e. The molecule has 0 saturated heterocycles. The van der Waals surface area contributed by atoms with Gasteiger partial charge < -0.3 is 4.52 Å². The Morgan fingerprint density at radius 2 is 1.58 bits per heavy atom. The van der Waals surface area contributed by atoms with Crippen molar-refractivity contribution in [2.75, 3.05) is 0 Å². The first-order valence-corrected chi connectivity index (χ1v) is 7.94. The predicted octanol–water partition coefficient (Wildman–Crippen LogP) is 5.41. The topological polar surface area (TPSA) is 50.8 Å². The lowest BCUT2D eigenvalue weighted by molar-refractivity contribution is 0.399. The number of hydrogen-bond donors (Lipinski definition) is 0. The molecule has 0 unspecified atom stereocenters. The summed E-state index contributed by atoms with van der Waals surface area (Å²) >= 11 is 12.5. The van der Waals surface area contributed by atoms with E-state index in [1.807, 2.05) is 30.3 Å². The zero-order chi connectivity index (χ0) is 16.9. The third-order valence-electron chi connectivity index (χ3n) is 3.37. The molecular formula is C18H13Cl2N3O. The molecule has 3 aromatic rings. The first-order valence-electron chi connectivity index (χ1n) is 7.19. The van der Waals surface area contributed by atoms with Gasteiger partial charge in [-0.05, 0) is 24.6 Å². The van der Waals surface area contributed by atoms with Gasteiger partial charge in [-0.1, -0.05) is 64.8 Å². The van der Waals surface area contributed by atoms with E-state index in [-0.39, 0.29) is 0 Å². The lowest BCUT2D eigenvalue weighted by atomic mass is 10.1. The molecule has 0 aliphatic heterocycles. The number of benzene rings is 2. The first-order chi connectivity index (χ1) is 11.7. The molecule has 0 aliphatic rings. The van der Waals surface area contributed by atoms with Crippen LogP contribution >= 0.6 is 23.2 Å². The van der Waals surface area contributed by atoms with Crippen molar-refractivity contribution in [1.82, 2.24) is 5.16 Å². The quantitative estimate of drug-likeness (QED) is 0.463. The van der Waals surface area contributed by atoms with Crippen molar-refractivity contribution in [3.05, 3.63) is 75.5 Å². The third-order valence-corrected chi connectivity index (χ3v) is 4.00. The Balaban J connectivity index is 1.91. The third kappa shape index (κ3) is 3.55. The second-order valence-electron chi connectivity index (χ2n) is 5.00. The maximum absolute atomic E-state index is 6.25. The van der Waals surface area contributed by atoms with Crippen LogP contribution in [0.3, 0.4) is 0 Å². The van der Waals surface area contributed by atoms with Crippen LogP contribution in [0.5, 0.6) is 0 Å². The zero-order valence-electron chi connectivity index (χ0n) is 12.8. The van der Waals surface area contributed by atoms with Crippen LogP contribution in [0.25, 0.3) is 11.3 Å². The number of aromatic nitrogens is 1. The summed E-state index contributed by atoms with van der Waals surface area (Å²) in [6, 6.07) is 15.0. The van der Waals surface area contributed by atoms with Crippen LogP contribution in [0.4, 0.5) is 0 Å². The molecule has 1 heterocycles. The van der Waals surface area contributed by atoms with Crippen LogP contribution in [0.1, 0.15) is 16.9 Å². The highest BCUT2D eigenvalue weighted by Gasteiger charge is 2.18. The summed E-state index contributed by atoms with van der Waals surface area (Å²) in [5.74, 6) is 0.611. The van der Waals surface area contributed by atoms with Crippen molar-refractivity contribution in [3.63, 3.8) is 0 Å². The molecule has 2 aromatic carbocycles. The molecule has 0 saturated carbocycles. The molecule has 6 heteroatoms. The maximum atomic E-state index is 6.25. The van der Waals surface area contributed by atoms with E-state index in [0.29, 0.717) is 32.6 Å². The molecule has 0 atom stereocenters. The van der Waals surface area contributed by atoms with Crippen molar-refractivity contribution in [1.29, 1.82) is 0 Å². The first kappa shape index (κ1) is 16.4. The fourth-order valence-corrected chi connectivity index (χ4v) is 2.74. The van der Waals surface area contributed by atoms with Gasteiger partial charge >= 0.3 is 0 Å². The summed E-state index contributed by atoms with van der Waals surface area (Å²) < 4.78 is 5.26. The molecule has 0 amide bonds. The number of aryl methyl sites for hydroxylation is 1. The number of nitrogens with zero attached hydrogens (tertiary/aromatic N) is 3. The fraction of sp³-hybridized carbons (Fsp3) is 0.0556. The number of rotatable bonds is 4. The van der Waals surface area contributed by atoms with Gasteiger partial charge in [0, 0.05) is 5.56 Å². The summed E-state index contributed by atoms with van der Waals surface area (Å²) in [4.78, 5) is 0. The average Bonchev–Trinajstić information content (AvgIpc) is 2.93. The normalized spacial score (nSPS) is 11.6. The van der Waals surface area contributed by atoms with Crippen LogP contribution in [-0.4, -0.2) is 17.6 Å². The maximum Gasteiger partial charge on any atom is 0.143 e. The van der Waals surface area contributed by atoms with Gasteiger partial charge in [0.1, 0.15) is 11.5 Å². The Morgan fingerprint density at radius 3 is 2.29 bits per heavy atom.